The highest BCUT2D eigenvalue weighted by Crippen LogP contribution is 2.28. The summed E-state index contributed by atoms with van der Waals surface area (Å²) in [4.78, 5) is 0. The largest absolute Gasteiger partial charge is 0.462 e. The molecule has 0 spiro atoms. The molecule has 0 radical (unpaired) electrons. The van der Waals surface area contributed by atoms with Crippen LogP contribution in [-0.4, -0.2) is 6.10 Å². The zero-order valence-electron chi connectivity index (χ0n) is 8.79. The molecule has 3 heteroatoms. The fourth-order valence-electron chi connectivity index (χ4n) is 1.44. The normalized spacial score (nSPS) is 11.5. The van der Waals surface area contributed by atoms with Crippen LogP contribution in [0.1, 0.15) is 19.4 Å². The SMILES string of the molecule is CC(C)OCc1coc2c(Cl)cccc12. The minimum atomic E-state index is 0.217. The van der Waals surface area contributed by atoms with Crippen molar-refractivity contribution in [3.8, 4) is 0 Å². The van der Waals surface area contributed by atoms with Gasteiger partial charge in [-0.2, -0.15) is 0 Å². The first-order valence-electron chi connectivity index (χ1n) is 4.94. The molecule has 2 nitrogen and oxygen atoms in total. The Hall–Kier alpha value is -0.990. The average Bonchev–Trinajstić information content (AvgIpc) is 2.59. The van der Waals surface area contributed by atoms with E-state index in [1.165, 1.54) is 0 Å². The van der Waals surface area contributed by atoms with Crippen molar-refractivity contribution in [1.29, 1.82) is 0 Å². The summed E-state index contributed by atoms with van der Waals surface area (Å²) >= 11 is 6.00. The highest BCUT2D eigenvalue weighted by atomic mass is 35.5. The smallest absolute Gasteiger partial charge is 0.152 e. The third-order valence-electron chi connectivity index (χ3n) is 2.20. The second-order valence-electron chi connectivity index (χ2n) is 3.74. The van der Waals surface area contributed by atoms with Gasteiger partial charge in [0.25, 0.3) is 0 Å². The Morgan fingerprint density at radius 1 is 1.40 bits per heavy atom. The fraction of sp³-hybridized carbons (Fsp3) is 0.333. The summed E-state index contributed by atoms with van der Waals surface area (Å²) in [5.41, 5.74) is 1.78. The first kappa shape index (κ1) is 10.5. The molecule has 1 heterocycles. The summed E-state index contributed by atoms with van der Waals surface area (Å²) in [6.07, 6.45) is 1.92. The quantitative estimate of drug-likeness (QED) is 0.786. The van der Waals surface area contributed by atoms with Crippen molar-refractivity contribution in [2.24, 2.45) is 0 Å². The molecule has 0 aliphatic rings. The Kier molecular flexibility index (Phi) is 2.98. The van der Waals surface area contributed by atoms with E-state index in [1.807, 2.05) is 32.0 Å². The van der Waals surface area contributed by atoms with Crippen LogP contribution in [0.4, 0.5) is 0 Å². The van der Waals surface area contributed by atoms with Gasteiger partial charge in [0.15, 0.2) is 5.58 Å². The predicted molar refractivity (Wildman–Crippen MR) is 61.1 cm³/mol. The van der Waals surface area contributed by atoms with Gasteiger partial charge in [-0.1, -0.05) is 23.7 Å². The van der Waals surface area contributed by atoms with Crippen molar-refractivity contribution >= 4 is 22.6 Å². The molecule has 0 saturated heterocycles. The van der Waals surface area contributed by atoms with Crippen LogP contribution in [0.3, 0.4) is 0 Å². The van der Waals surface area contributed by atoms with Crippen LogP contribution in [0.5, 0.6) is 0 Å². The molecule has 1 aromatic carbocycles. The third-order valence-corrected chi connectivity index (χ3v) is 2.50. The van der Waals surface area contributed by atoms with E-state index >= 15 is 0 Å². The number of hydrogen-bond donors (Lipinski definition) is 0. The molecule has 0 N–H and O–H groups in total. The van der Waals surface area contributed by atoms with Gasteiger partial charge in [-0.05, 0) is 19.9 Å². The highest BCUT2D eigenvalue weighted by molar-refractivity contribution is 6.34. The van der Waals surface area contributed by atoms with Crippen molar-refractivity contribution in [3.63, 3.8) is 0 Å². The van der Waals surface area contributed by atoms with Crippen molar-refractivity contribution in [3.05, 3.63) is 35.0 Å². The van der Waals surface area contributed by atoms with Crippen LogP contribution in [0, 0.1) is 0 Å². The van der Waals surface area contributed by atoms with E-state index in [0.29, 0.717) is 11.6 Å². The van der Waals surface area contributed by atoms with Gasteiger partial charge in [-0.3, -0.25) is 0 Å². The zero-order valence-corrected chi connectivity index (χ0v) is 9.54. The average molecular weight is 225 g/mol. The summed E-state index contributed by atoms with van der Waals surface area (Å²) in [6.45, 7) is 4.58. The number of hydrogen-bond acceptors (Lipinski definition) is 2. The number of furan rings is 1. The molecule has 0 fully saturated rings. The Morgan fingerprint density at radius 2 is 2.20 bits per heavy atom. The molecule has 80 valence electrons. The Balaban J connectivity index is 2.33. The van der Waals surface area contributed by atoms with Gasteiger partial charge in [0, 0.05) is 10.9 Å². The molecule has 0 atom stereocenters. The lowest BCUT2D eigenvalue weighted by Crippen LogP contribution is -2.01. The maximum Gasteiger partial charge on any atom is 0.152 e. The lowest BCUT2D eigenvalue weighted by atomic mass is 10.2. The second kappa shape index (κ2) is 4.25. The van der Waals surface area contributed by atoms with E-state index < -0.39 is 0 Å². The van der Waals surface area contributed by atoms with E-state index in [4.69, 9.17) is 20.8 Å². The Bertz CT molecular complexity index is 460. The van der Waals surface area contributed by atoms with E-state index in [2.05, 4.69) is 0 Å². The predicted octanol–water partition coefficient (Wildman–Crippen LogP) is 4.01. The van der Waals surface area contributed by atoms with Gasteiger partial charge in [0.05, 0.1) is 24.0 Å². The van der Waals surface area contributed by atoms with Gasteiger partial charge in [0.1, 0.15) is 0 Å². The van der Waals surface area contributed by atoms with Gasteiger partial charge < -0.3 is 9.15 Å². The monoisotopic (exact) mass is 224 g/mol. The molecule has 0 amide bonds. The number of benzene rings is 1. The number of rotatable bonds is 3. The van der Waals surface area contributed by atoms with Crippen LogP contribution >= 0.6 is 11.6 Å². The van der Waals surface area contributed by atoms with Crippen LogP contribution in [0.25, 0.3) is 11.0 Å². The maximum atomic E-state index is 6.00. The molecule has 0 unspecified atom stereocenters. The first-order chi connectivity index (χ1) is 7.18. The number of ether oxygens (including phenoxy) is 1. The molecule has 0 aliphatic carbocycles. The summed E-state index contributed by atoms with van der Waals surface area (Å²) in [5, 5.41) is 1.67. The van der Waals surface area contributed by atoms with Crippen molar-refractivity contribution < 1.29 is 9.15 Å². The van der Waals surface area contributed by atoms with Crippen LogP contribution in [0.2, 0.25) is 5.02 Å². The standard InChI is InChI=1S/C12H13ClO2/c1-8(2)14-6-9-7-15-12-10(9)4-3-5-11(12)13/h3-5,7-8H,6H2,1-2H3. The molecule has 1 aromatic heterocycles. The summed E-state index contributed by atoms with van der Waals surface area (Å²) < 4.78 is 10.9. The molecule has 2 aromatic rings. The first-order valence-corrected chi connectivity index (χ1v) is 5.32. The maximum absolute atomic E-state index is 6.00. The molecule has 2 rings (SSSR count). The van der Waals surface area contributed by atoms with Gasteiger partial charge in [-0.15, -0.1) is 0 Å². The minimum absolute atomic E-state index is 0.217. The number of fused-ring (bicyclic) bond motifs is 1. The molecule has 0 bridgehead atoms. The molecule has 15 heavy (non-hydrogen) atoms. The highest BCUT2D eigenvalue weighted by Gasteiger charge is 2.08. The van der Waals surface area contributed by atoms with Crippen molar-refractivity contribution in [1.82, 2.24) is 0 Å². The molecular formula is C12H13ClO2. The van der Waals surface area contributed by atoms with Crippen molar-refractivity contribution in [2.75, 3.05) is 0 Å². The lowest BCUT2D eigenvalue weighted by molar-refractivity contribution is 0.0660. The minimum Gasteiger partial charge on any atom is -0.462 e. The van der Waals surface area contributed by atoms with Gasteiger partial charge >= 0.3 is 0 Å². The fourth-order valence-corrected chi connectivity index (χ4v) is 1.66. The number of halogens is 1. The zero-order chi connectivity index (χ0) is 10.8. The van der Waals surface area contributed by atoms with E-state index in [9.17, 15) is 0 Å². The summed E-state index contributed by atoms with van der Waals surface area (Å²) in [7, 11) is 0. The molecule has 0 aliphatic heterocycles. The topological polar surface area (TPSA) is 22.4 Å². The van der Waals surface area contributed by atoms with Crippen LogP contribution in [0.15, 0.2) is 28.9 Å². The van der Waals surface area contributed by atoms with E-state index in [-0.39, 0.29) is 6.10 Å². The lowest BCUT2D eigenvalue weighted by Gasteiger charge is -2.05. The van der Waals surface area contributed by atoms with E-state index in [1.54, 1.807) is 6.26 Å². The van der Waals surface area contributed by atoms with Crippen LogP contribution in [-0.2, 0) is 11.3 Å². The van der Waals surface area contributed by atoms with Gasteiger partial charge in [-0.25, -0.2) is 0 Å². The van der Waals surface area contributed by atoms with Crippen LogP contribution < -0.4 is 0 Å². The van der Waals surface area contributed by atoms with Gasteiger partial charge in [0.2, 0.25) is 0 Å². The third kappa shape index (κ3) is 2.16. The Labute approximate surface area is 93.8 Å². The van der Waals surface area contributed by atoms with E-state index in [0.717, 1.165) is 16.5 Å². The second-order valence-corrected chi connectivity index (χ2v) is 4.14. The summed E-state index contributed by atoms with van der Waals surface area (Å²) in [6, 6.07) is 5.73. The number of para-hydroxylation sites is 1. The molecule has 0 saturated carbocycles. The Morgan fingerprint density at radius 3 is 2.93 bits per heavy atom. The molecular weight excluding hydrogens is 212 g/mol. The summed E-state index contributed by atoms with van der Waals surface area (Å²) in [5.74, 6) is 0. The van der Waals surface area contributed by atoms with Crippen molar-refractivity contribution in [2.45, 2.75) is 26.6 Å².